The topological polar surface area (TPSA) is 76.0 Å². The van der Waals surface area contributed by atoms with E-state index in [2.05, 4.69) is 0 Å². The van der Waals surface area contributed by atoms with E-state index in [4.69, 9.17) is 26.2 Å². The molecule has 5 nitrogen and oxygen atoms in total. The zero-order valence-electron chi connectivity index (χ0n) is 8.36. The Morgan fingerprint density at radius 3 is 2.75 bits per heavy atom. The van der Waals surface area contributed by atoms with Gasteiger partial charge in [-0.1, -0.05) is 11.6 Å². The molecule has 0 radical (unpaired) electrons. The van der Waals surface area contributed by atoms with Crippen LogP contribution in [0, 0.1) is 6.92 Å². The molecule has 0 fully saturated rings. The van der Waals surface area contributed by atoms with Gasteiger partial charge in [-0.05, 0) is 13.0 Å². The first kappa shape index (κ1) is 11.0. The molecule has 0 amide bonds. The molecule has 1 aliphatic heterocycles. The number of hydrogen-bond acceptors (Lipinski definition) is 4. The number of fused-ring (bicyclic) bond motifs is 1. The molecule has 0 aliphatic carbocycles. The van der Waals surface area contributed by atoms with Crippen LogP contribution in [0.5, 0.6) is 11.5 Å². The smallest absolute Gasteiger partial charge is 0.337 e. The number of aliphatic carboxylic acids is 1. The van der Waals surface area contributed by atoms with Crippen molar-refractivity contribution in [2.75, 3.05) is 6.79 Å². The lowest BCUT2D eigenvalue weighted by Crippen LogP contribution is -2.12. The maximum atomic E-state index is 10.7. The minimum absolute atomic E-state index is 0.0442. The van der Waals surface area contributed by atoms with Crippen LogP contribution in [0.15, 0.2) is 6.07 Å². The molecule has 0 saturated carbocycles. The van der Waals surface area contributed by atoms with E-state index in [1.807, 2.05) is 0 Å². The molecule has 16 heavy (non-hydrogen) atoms. The highest BCUT2D eigenvalue weighted by molar-refractivity contribution is 6.32. The van der Waals surface area contributed by atoms with E-state index in [0.29, 0.717) is 17.1 Å². The molecule has 6 heteroatoms. The summed E-state index contributed by atoms with van der Waals surface area (Å²) in [5, 5.41) is 18.4. The van der Waals surface area contributed by atoms with E-state index in [9.17, 15) is 9.90 Å². The lowest BCUT2D eigenvalue weighted by Gasteiger charge is -2.12. The largest absolute Gasteiger partial charge is 0.479 e. The summed E-state index contributed by atoms with van der Waals surface area (Å²) in [5.74, 6) is -0.554. The Morgan fingerprint density at radius 2 is 2.12 bits per heavy atom. The molecule has 2 rings (SSSR count). The number of benzene rings is 1. The van der Waals surface area contributed by atoms with Gasteiger partial charge in [0.2, 0.25) is 6.79 Å². The second-order valence-electron chi connectivity index (χ2n) is 3.38. The predicted octanol–water partition coefficient (Wildman–Crippen LogP) is 1.50. The zero-order valence-corrected chi connectivity index (χ0v) is 9.11. The fourth-order valence-electron chi connectivity index (χ4n) is 1.59. The number of hydrogen-bond donors (Lipinski definition) is 2. The summed E-state index contributed by atoms with van der Waals surface area (Å²) in [5.41, 5.74) is 0.730. The normalized spacial score (nSPS) is 14.9. The third-order valence-corrected chi connectivity index (χ3v) is 2.69. The molecule has 1 aromatic rings. The van der Waals surface area contributed by atoms with Gasteiger partial charge in [0.25, 0.3) is 0 Å². The second kappa shape index (κ2) is 3.84. The zero-order chi connectivity index (χ0) is 11.9. The van der Waals surface area contributed by atoms with Crippen LogP contribution in [0.1, 0.15) is 17.2 Å². The summed E-state index contributed by atoms with van der Waals surface area (Å²) in [6.07, 6.45) is -1.62. The number of carboxylic acids is 1. The molecule has 1 aromatic carbocycles. The van der Waals surface area contributed by atoms with Gasteiger partial charge in [0.1, 0.15) is 0 Å². The Labute approximate surface area is 96.2 Å². The van der Waals surface area contributed by atoms with E-state index in [0.717, 1.165) is 0 Å². The van der Waals surface area contributed by atoms with Gasteiger partial charge in [-0.3, -0.25) is 0 Å². The van der Waals surface area contributed by atoms with Crippen molar-refractivity contribution in [3.63, 3.8) is 0 Å². The quantitative estimate of drug-likeness (QED) is 0.824. The Kier molecular flexibility index (Phi) is 2.65. The molecule has 86 valence electrons. The number of rotatable bonds is 2. The average molecular weight is 245 g/mol. The van der Waals surface area contributed by atoms with Crippen molar-refractivity contribution >= 4 is 17.6 Å². The fraction of sp³-hybridized carbons (Fsp3) is 0.300. The van der Waals surface area contributed by atoms with E-state index in [1.54, 1.807) is 6.92 Å². The summed E-state index contributed by atoms with van der Waals surface area (Å²) in [4.78, 5) is 10.7. The molecule has 1 unspecified atom stereocenters. The number of carboxylic acid groups (broad SMARTS) is 1. The van der Waals surface area contributed by atoms with Crippen molar-refractivity contribution in [2.24, 2.45) is 0 Å². The number of aliphatic hydroxyl groups is 1. The van der Waals surface area contributed by atoms with Crippen molar-refractivity contribution in [1.82, 2.24) is 0 Å². The molecule has 2 N–H and O–H groups in total. The van der Waals surface area contributed by atoms with Crippen LogP contribution >= 0.6 is 11.6 Å². The van der Waals surface area contributed by atoms with Gasteiger partial charge in [-0.15, -0.1) is 0 Å². The van der Waals surface area contributed by atoms with Crippen molar-refractivity contribution in [1.29, 1.82) is 0 Å². The van der Waals surface area contributed by atoms with E-state index in [1.165, 1.54) is 6.07 Å². The third kappa shape index (κ3) is 1.58. The molecule has 0 spiro atoms. The first-order valence-electron chi connectivity index (χ1n) is 4.52. The lowest BCUT2D eigenvalue weighted by molar-refractivity contribution is -0.147. The molecular weight excluding hydrogens is 236 g/mol. The van der Waals surface area contributed by atoms with Gasteiger partial charge >= 0.3 is 5.97 Å². The molecule has 0 aromatic heterocycles. The van der Waals surface area contributed by atoms with Crippen molar-refractivity contribution in [3.8, 4) is 11.5 Å². The van der Waals surface area contributed by atoms with Crippen LogP contribution in [0.4, 0.5) is 0 Å². The van der Waals surface area contributed by atoms with E-state index < -0.39 is 12.1 Å². The first-order valence-corrected chi connectivity index (χ1v) is 4.89. The van der Waals surface area contributed by atoms with E-state index >= 15 is 0 Å². The van der Waals surface area contributed by atoms with Crippen LogP contribution in [-0.2, 0) is 4.79 Å². The summed E-state index contributed by atoms with van der Waals surface area (Å²) in [6, 6.07) is 1.38. The highest BCUT2D eigenvalue weighted by Gasteiger charge is 2.27. The Hall–Kier alpha value is -1.46. The summed E-state index contributed by atoms with van der Waals surface area (Å²) in [7, 11) is 0. The Bertz CT molecular complexity index is 457. The second-order valence-corrected chi connectivity index (χ2v) is 3.79. The van der Waals surface area contributed by atoms with Crippen LogP contribution < -0.4 is 9.47 Å². The van der Waals surface area contributed by atoms with Gasteiger partial charge in [-0.2, -0.15) is 0 Å². The summed E-state index contributed by atoms with van der Waals surface area (Å²) in [6.45, 7) is 1.69. The van der Waals surface area contributed by atoms with Crippen molar-refractivity contribution in [2.45, 2.75) is 13.0 Å². The monoisotopic (exact) mass is 244 g/mol. The highest BCUT2D eigenvalue weighted by atomic mass is 35.5. The minimum Gasteiger partial charge on any atom is -0.479 e. The van der Waals surface area contributed by atoms with Crippen molar-refractivity contribution in [3.05, 3.63) is 22.2 Å². The van der Waals surface area contributed by atoms with Crippen LogP contribution in [-0.4, -0.2) is 23.0 Å². The van der Waals surface area contributed by atoms with Gasteiger partial charge in [-0.25, -0.2) is 4.79 Å². The maximum absolute atomic E-state index is 10.7. The molecule has 0 saturated heterocycles. The van der Waals surface area contributed by atoms with Crippen molar-refractivity contribution < 1.29 is 24.5 Å². The maximum Gasteiger partial charge on any atom is 0.337 e. The van der Waals surface area contributed by atoms with Gasteiger partial charge in [0.05, 0.1) is 5.02 Å². The molecule has 1 atom stereocenters. The Balaban J connectivity index is 2.56. The fourth-order valence-corrected chi connectivity index (χ4v) is 1.85. The lowest BCUT2D eigenvalue weighted by atomic mass is 10.0. The van der Waals surface area contributed by atoms with Crippen LogP contribution in [0.25, 0.3) is 0 Å². The van der Waals surface area contributed by atoms with Crippen LogP contribution in [0.3, 0.4) is 0 Å². The highest BCUT2D eigenvalue weighted by Crippen LogP contribution is 2.44. The molecule has 0 bridgehead atoms. The standard InChI is InChI=1S/C10H9ClO5/c1-4-5(7(12)10(13)14)2-6(11)9-8(4)15-3-16-9/h2,7,12H,3H2,1H3,(H,13,14). The first-order chi connectivity index (χ1) is 7.52. The molecule has 1 heterocycles. The van der Waals surface area contributed by atoms with Gasteiger partial charge < -0.3 is 19.7 Å². The third-order valence-electron chi connectivity index (χ3n) is 2.41. The minimum atomic E-state index is -1.62. The number of carbonyl (C=O) groups is 1. The number of halogens is 1. The van der Waals surface area contributed by atoms with Gasteiger partial charge in [0, 0.05) is 11.1 Å². The predicted molar refractivity (Wildman–Crippen MR) is 54.9 cm³/mol. The number of ether oxygens (including phenoxy) is 2. The van der Waals surface area contributed by atoms with E-state index in [-0.39, 0.29) is 17.4 Å². The molecular formula is C10H9ClO5. The van der Waals surface area contributed by atoms with Crippen LogP contribution in [0.2, 0.25) is 5.02 Å². The average Bonchev–Trinajstić information content (AvgIpc) is 2.71. The SMILES string of the molecule is Cc1c(C(O)C(=O)O)cc(Cl)c2c1OCO2. The Morgan fingerprint density at radius 1 is 1.50 bits per heavy atom. The van der Waals surface area contributed by atoms with Gasteiger partial charge in [0.15, 0.2) is 17.6 Å². The summed E-state index contributed by atoms with van der Waals surface area (Å²) < 4.78 is 10.3. The summed E-state index contributed by atoms with van der Waals surface area (Å²) >= 11 is 5.89. The number of aliphatic hydroxyl groups excluding tert-OH is 1. The molecule has 1 aliphatic rings.